The molecule has 0 radical (unpaired) electrons. The first-order valence-corrected chi connectivity index (χ1v) is 4.70. The number of hydrogen-bond donors (Lipinski definition) is 0. The fourth-order valence-electron chi connectivity index (χ4n) is 0.904. The van der Waals surface area contributed by atoms with Crippen LogP contribution in [0, 0.1) is 5.92 Å². The fraction of sp³-hybridized carbons (Fsp3) is 0.545. The molecule has 0 spiro atoms. The van der Waals surface area contributed by atoms with E-state index in [-0.39, 0.29) is 0 Å². The molecule has 72 valence electrons. The monoisotopic (exact) mass is 179 g/mol. The maximum atomic E-state index is 5.65. The Hall–Kier alpha value is -0.890. The van der Waals surface area contributed by atoms with Crippen LogP contribution in [0.15, 0.2) is 24.5 Å². The van der Waals surface area contributed by atoms with Gasteiger partial charge in [-0.3, -0.25) is 4.98 Å². The molecule has 1 aromatic heterocycles. The first kappa shape index (κ1) is 10.2. The predicted octanol–water partition coefficient (Wildman–Crippen LogP) is 2.64. The minimum absolute atomic E-state index is 0.306. The molecule has 0 aromatic carbocycles. The van der Waals surface area contributed by atoms with Gasteiger partial charge >= 0.3 is 0 Å². The van der Waals surface area contributed by atoms with E-state index in [1.807, 2.05) is 18.3 Å². The van der Waals surface area contributed by atoms with E-state index in [1.54, 1.807) is 6.20 Å². The number of aromatic nitrogens is 1. The third-order valence-corrected chi connectivity index (χ3v) is 2.17. The van der Waals surface area contributed by atoms with Gasteiger partial charge in [0.25, 0.3) is 0 Å². The summed E-state index contributed by atoms with van der Waals surface area (Å²) in [5.41, 5.74) is 1.13. The lowest BCUT2D eigenvalue weighted by atomic mass is 10.1. The van der Waals surface area contributed by atoms with E-state index in [2.05, 4.69) is 25.8 Å². The van der Waals surface area contributed by atoms with E-state index >= 15 is 0 Å². The normalized spacial score (nSPS) is 13.2. The van der Waals surface area contributed by atoms with Crippen molar-refractivity contribution in [2.24, 2.45) is 5.92 Å². The lowest BCUT2D eigenvalue weighted by Gasteiger charge is -2.16. The van der Waals surface area contributed by atoms with Gasteiger partial charge < -0.3 is 4.74 Å². The predicted molar refractivity (Wildman–Crippen MR) is 53.3 cm³/mol. The molecule has 0 amide bonds. The first-order valence-electron chi connectivity index (χ1n) is 4.70. The second-order valence-electron chi connectivity index (χ2n) is 3.62. The average Bonchev–Trinajstić information content (AvgIpc) is 2.15. The highest BCUT2D eigenvalue weighted by Crippen LogP contribution is 2.08. The number of ether oxygens (including phenoxy) is 1. The molecule has 0 saturated carbocycles. The summed E-state index contributed by atoms with van der Waals surface area (Å²) < 4.78 is 5.65. The van der Waals surface area contributed by atoms with Gasteiger partial charge in [0.05, 0.1) is 12.7 Å². The van der Waals surface area contributed by atoms with Crippen molar-refractivity contribution in [3.63, 3.8) is 0 Å². The zero-order valence-electron chi connectivity index (χ0n) is 8.53. The molecule has 1 atom stereocenters. The van der Waals surface area contributed by atoms with Gasteiger partial charge in [0.15, 0.2) is 0 Å². The number of rotatable bonds is 4. The zero-order chi connectivity index (χ0) is 9.68. The van der Waals surface area contributed by atoms with Crippen LogP contribution in [0.3, 0.4) is 0 Å². The van der Waals surface area contributed by atoms with Gasteiger partial charge in [-0.2, -0.15) is 0 Å². The summed E-state index contributed by atoms with van der Waals surface area (Å²) in [5.74, 6) is 0.566. The Bertz CT molecular complexity index is 233. The Labute approximate surface area is 80.0 Å². The molecule has 0 fully saturated rings. The van der Waals surface area contributed by atoms with Crippen molar-refractivity contribution in [2.75, 3.05) is 0 Å². The lowest BCUT2D eigenvalue weighted by molar-refractivity contribution is 0.0234. The van der Waals surface area contributed by atoms with Crippen LogP contribution in [0.1, 0.15) is 26.3 Å². The number of pyridine rings is 1. The topological polar surface area (TPSA) is 22.1 Å². The van der Waals surface area contributed by atoms with Crippen LogP contribution in [0.5, 0.6) is 0 Å². The molecule has 0 N–H and O–H groups in total. The molecule has 0 bridgehead atoms. The van der Waals surface area contributed by atoms with Gasteiger partial charge in [-0.25, -0.2) is 0 Å². The number of nitrogens with zero attached hydrogens (tertiary/aromatic N) is 1. The summed E-state index contributed by atoms with van der Waals surface area (Å²) in [6.07, 6.45) is 3.92. The smallest absolute Gasteiger partial charge is 0.0735 e. The van der Waals surface area contributed by atoms with Crippen LogP contribution in [0.2, 0.25) is 0 Å². The molecular formula is C11H17NO. The zero-order valence-corrected chi connectivity index (χ0v) is 8.53. The van der Waals surface area contributed by atoms with Crippen LogP contribution in [-0.2, 0) is 11.3 Å². The van der Waals surface area contributed by atoms with Gasteiger partial charge in [-0.05, 0) is 24.5 Å². The van der Waals surface area contributed by atoms with Crippen LogP contribution in [0.4, 0.5) is 0 Å². The molecule has 1 aromatic rings. The Morgan fingerprint density at radius 1 is 1.38 bits per heavy atom. The molecule has 2 nitrogen and oxygen atoms in total. The van der Waals surface area contributed by atoms with E-state index in [0.29, 0.717) is 18.6 Å². The summed E-state index contributed by atoms with van der Waals surface area (Å²) in [6, 6.07) is 3.96. The van der Waals surface area contributed by atoms with Crippen LogP contribution < -0.4 is 0 Å². The van der Waals surface area contributed by atoms with Crippen molar-refractivity contribution in [3.05, 3.63) is 30.1 Å². The second-order valence-corrected chi connectivity index (χ2v) is 3.62. The van der Waals surface area contributed by atoms with E-state index in [1.165, 1.54) is 0 Å². The summed E-state index contributed by atoms with van der Waals surface area (Å²) in [6.45, 7) is 7.08. The molecule has 1 rings (SSSR count). The largest absolute Gasteiger partial charge is 0.374 e. The molecule has 2 heteroatoms. The SMILES string of the molecule is CC(C)C(C)OCc1cccnc1. The molecule has 1 heterocycles. The van der Waals surface area contributed by atoms with E-state index in [9.17, 15) is 0 Å². The molecule has 0 saturated heterocycles. The van der Waals surface area contributed by atoms with Crippen molar-refractivity contribution < 1.29 is 4.74 Å². The highest BCUT2D eigenvalue weighted by Gasteiger charge is 2.06. The fourth-order valence-corrected chi connectivity index (χ4v) is 0.904. The van der Waals surface area contributed by atoms with Crippen molar-refractivity contribution in [2.45, 2.75) is 33.5 Å². The van der Waals surface area contributed by atoms with Crippen molar-refractivity contribution in [1.29, 1.82) is 0 Å². The lowest BCUT2D eigenvalue weighted by Crippen LogP contribution is -2.15. The molecule has 13 heavy (non-hydrogen) atoms. The maximum Gasteiger partial charge on any atom is 0.0735 e. The Balaban J connectivity index is 2.35. The Kier molecular flexibility index (Phi) is 3.90. The average molecular weight is 179 g/mol. The van der Waals surface area contributed by atoms with Crippen LogP contribution >= 0.6 is 0 Å². The second kappa shape index (κ2) is 4.97. The molecule has 0 aliphatic carbocycles. The Morgan fingerprint density at radius 2 is 2.15 bits per heavy atom. The molecule has 1 unspecified atom stereocenters. The highest BCUT2D eigenvalue weighted by atomic mass is 16.5. The standard InChI is InChI=1S/C11H17NO/c1-9(2)10(3)13-8-11-5-4-6-12-7-11/h4-7,9-10H,8H2,1-3H3. The van der Waals surface area contributed by atoms with Gasteiger partial charge in [0, 0.05) is 12.4 Å². The first-order chi connectivity index (χ1) is 6.20. The van der Waals surface area contributed by atoms with Crippen molar-refractivity contribution >= 4 is 0 Å². The van der Waals surface area contributed by atoms with Crippen molar-refractivity contribution in [3.8, 4) is 0 Å². The van der Waals surface area contributed by atoms with Crippen LogP contribution in [-0.4, -0.2) is 11.1 Å². The summed E-state index contributed by atoms with van der Waals surface area (Å²) in [4.78, 5) is 4.03. The third kappa shape index (κ3) is 3.55. The molecular weight excluding hydrogens is 162 g/mol. The Morgan fingerprint density at radius 3 is 2.69 bits per heavy atom. The van der Waals surface area contributed by atoms with E-state index in [0.717, 1.165) is 5.56 Å². The molecule has 0 aliphatic rings. The van der Waals surface area contributed by atoms with E-state index < -0.39 is 0 Å². The quantitative estimate of drug-likeness (QED) is 0.709. The van der Waals surface area contributed by atoms with Crippen LogP contribution in [0.25, 0.3) is 0 Å². The van der Waals surface area contributed by atoms with Gasteiger partial charge in [-0.1, -0.05) is 19.9 Å². The van der Waals surface area contributed by atoms with E-state index in [4.69, 9.17) is 4.74 Å². The molecule has 0 aliphatic heterocycles. The van der Waals surface area contributed by atoms with Gasteiger partial charge in [0.1, 0.15) is 0 Å². The minimum atomic E-state index is 0.306. The summed E-state index contributed by atoms with van der Waals surface area (Å²) in [7, 11) is 0. The number of hydrogen-bond acceptors (Lipinski definition) is 2. The van der Waals surface area contributed by atoms with Gasteiger partial charge in [0.2, 0.25) is 0 Å². The highest BCUT2D eigenvalue weighted by molar-refractivity contribution is 5.06. The van der Waals surface area contributed by atoms with Crippen molar-refractivity contribution in [1.82, 2.24) is 4.98 Å². The minimum Gasteiger partial charge on any atom is -0.374 e. The third-order valence-electron chi connectivity index (χ3n) is 2.17. The summed E-state index contributed by atoms with van der Waals surface area (Å²) >= 11 is 0. The summed E-state index contributed by atoms with van der Waals surface area (Å²) in [5, 5.41) is 0. The maximum absolute atomic E-state index is 5.65. The van der Waals surface area contributed by atoms with Gasteiger partial charge in [-0.15, -0.1) is 0 Å².